The van der Waals surface area contributed by atoms with Crippen molar-refractivity contribution in [1.82, 2.24) is 0 Å². The number of hydrogen-bond acceptors (Lipinski definition) is 1. The molecule has 1 aliphatic carbocycles. The third-order valence-corrected chi connectivity index (χ3v) is 4.89. The van der Waals surface area contributed by atoms with Gasteiger partial charge in [-0.05, 0) is 55.6 Å². The van der Waals surface area contributed by atoms with E-state index in [9.17, 15) is 0 Å². The van der Waals surface area contributed by atoms with Gasteiger partial charge in [0.25, 0.3) is 0 Å². The van der Waals surface area contributed by atoms with Crippen molar-refractivity contribution < 1.29 is 0 Å². The van der Waals surface area contributed by atoms with Gasteiger partial charge >= 0.3 is 0 Å². The van der Waals surface area contributed by atoms with E-state index >= 15 is 0 Å². The SMILES string of the molecule is Cc1cccc(CC2CC(c3ccccc3)CCC2N)c1. The minimum absolute atomic E-state index is 0.352. The van der Waals surface area contributed by atoms with E-state index in [4.69, 9.17) is 5.73 Å². The average molecular weight is 279 g/mol. The van der Waals surface area contributed by atoms with Crippen LogP contribution >= 0.6 is 0 Å². The van der Waals surface area contributed by atoms with E-state index in [2.05, 4.69) is 61.5 Å². The first kappa shape index (κ1) is 14.3. The maximum Gasteiger partial charge on any atom is 0.00707 e. The van der Waals surface area contributed by atoms with E-state index in [1.807, 2.05) is 0 Å². The highest BCUT2D eigenvalue weighted by Gasteiger charge is 2.28. The molecule has 1 fully saturated rings. The van der Waals surface area contributed by atoms with Crippen LogP contribution in [-0.4, -0.2) is 6.04 Å². The Kier molecular flexibility index (Phi) is 4.40. The molecule has 0 bridgehead atoms. The second-order valence-electron chi connectivity index (χ2n) is 6.54. The molecule has 0 heterocycles. The Balaban J connectivity index is 1.72. The summed E-state index contributed by atoms with van der Waals surface area (Å²) in [6.07, 6.45) is 4.72. The molecule has 110 valence electrons. The summed E-state index contributed by atoms with van der Waals surface area (Å²) in [5.41, 5.74) is 10.7. The van der Waals surface area contributed by atoms with Gasteiger partial charge in [0.05, 0.1) is 0 Å². The monoisotopic (exact) mass is 279 g/mol. The molecule has 3 unspecified atom stereocenters. The molecular formula is C20H25N. The molecule has 0 aromatic heterocycles. The molecule has 1 saturated carbocycles. The van der Waals surface area contributed by atoms with E-state index in [0.29, 0.717) is 17.9 Å². The van der Waals surface area contributed by atoms with Crippen molar-refractivity contribution in [1.29, 1.82) is 0 Å². The maximum atomic E-state index is 6.41. The molecular weight excluding hydrogens is 254 g/mol. The topological polar surface area (TPSA) is 26.0 Å². The number of benzene rings is 2. The Hall–Kier alpha value is -1.60. The van der Waals surface area contributed by atoms with Crippen molar-refractivity contribution in [2.75, 3.05) is 0 Å². The van der Waals surface area contributed by atoms with Crippen LogP contribution < -0.4 is 5.73 Å². The van der Waals surface area contributed by atoms with E-state index in [-0.39, 0.29) is 0 Å². The molecule has 2 N–H and O–H groups in total. The normalized spacial score (nSPS) is 25.7. The Morgan fingerprint density at radius 3 is 2.57 bits per heavy atom. The lowest BCUT2D eigenvalue weighted by molar-refractivity contribution is 0.277. The first-order chi connectivity index (χ1) is 10.2. The molecule has 3 rings (SSSR count). The number of rotatable bonds is 3. The summed E-state index contributed by atoms with van der Waals surface area (Å²) in [6, 6.07) is 20.2. The summed E-state index contributed by atoms with van der Waals surface area (Å²) in [6.45, 7) is 2.16. The Labute approximate surface area is 128 Å². The number of nitrogens with two attached hydrogens (primary N) is 1. The molecule has 0 aliphatic heterocycles. The maximum absolute atomic E-state index is 6.41. The molecule has 1 nitrogen and oxygen atoms in total. The van der Waals surface area contributed by atoms with Gasteiger partial charge in [-0.3, -0.25) is 0 Å². The fourth-order valence-electron chi connectivity index (χ4n) is 3.69. The summed E-state index contributed by atoms with van der Waals surface area (Å²) in [5, 5.41) is 0. The van der Waals surface area contributed by atoms with Gasteiger partial charge in [0.15, 0.2) is 0 Å². The van der Waals surface area contributed by atoms with Gasteiger partial charge in [0.1, 0.15) is 0 Å². The quantitative estimate of drug-likeness (QED) is 0.882. The molecule has 21 heavy (non-hydrogen) atoms. The van der Waals surface area contributed by atoms with Crippen LogP contribution in [0.5, 0.6) is 0 Å². The van der Waals surface area contributed by atoms with Crippen LogP contribution in [0.1, 0.15) is 41.9 Å². The molecule has 2 aromatic rings. The lowest BCUT2D eigenvalue weighted by atomic mass is 9.73. The van der Waals surface area contributed by atoms with E-state index in [1.54, 1.807) is 0 Å². The van der Waals surface area contributed by atoms with Crippen LogP contribution in [0, 0.1) is 12.8 Å². The van der Waals surface area contributed by atoms with Crippen molar-refractivity contribution >= 4 is 0 Å². The first-order valence-corrected chi connectivity index (χ1v) is 8.08. The lowest BCUT2D eigenvalue weighted by Gasteiger charge is -2.34. The fraction of sp³-hybridized carbons (Fsp3) is 0.400. The zero-order valence-corrected chi connectivity index (χ0v) is 12.8. The number of aryl methyl sites for hydroxylation is 1. The van der Waals surface area contributed by atoms with Crippen molar-refractivity contribution in [3.05, 3.63) is 71.3 Å². The average Bonchev–Trinajstić information content (AvgIpc) is 2.50. The summed E-state index contributed by atoms with van der Waals surface area (Å²) < 4.78 is 0. The highest BCUT2D eigenvalue weighted by Crippen LogP contribution is 2.37. The highest BCUT2D eigenvalue weighted by atomic mass is 14.7. The Morgan fingerprint density at radius 2 is 1.81 bits per heavy atom. The van der Waals surface area contributed by atoms with Crippen LogP contribution in [0.2, 0.25) is 0 Å². The molecule has 1 aliphatic rings. The van der Waals surface area contributed by atoms with Gasteiger partial charge in [-0.15, -0.1) is 0 Å². The smallest absolute Gasteiger partial charge is 0.00707 e. The van der Waals surface area contributed by atoms with Gasteiger partial charge in [-0.1, -0.05) is 60.2 Å². The molecule has 0 saturated heterocycles. The summed E-state index contributed by atoms with van der Waals surface area (Å²) in [5.74, 6) is 1.28. The zero-order valence-electron chi connectivity index (χ0n) is 12.8. The van der Waals surface area contributed by atoms with Crippen molar-refractivity contribution in [3.8, 4) is 0 Å². The van der Waals surface area contributed by atoms with Crippen molar-refractivity contribution in [2.45, 2.75) is 44.6 Å². The second kappa shape index (κ2) is 6.44. The summed E-state index contributed by atoms with van der Waals surface area (Å²) >= 11 is 0. The van der Waals surface area contributed by atoms with Gasteiger partial charge in [-0.25, -0.2) is 0 Å². The first-order valence-electron chi connectivity index (χ1n) is 8.08. The molecule has 0 radical (unpaired) electrons. The summed E-state index contributed by atoms with van der Waals surface area (Å²) in [4.78, 5) is 0. The summed E-state index contributed by atoms with van der Waals surface area (Å²) in [7, 11) is 0. The second-order valence-corrected chi connectivity index (χ2v) is 6.54. The Bertz CT molecular complexity index is 575. The van der Waals surface area contributed by atoms with Gasteiger partial charge in [-0.2, -0.15) is 0 Å². The van der Waals surface area contributed by atoms with Crippen LogP contribution in [0.4, 0.5) is 0 Å². The zero-order chi connectivity index (χ0) is 14.7. The van der Waals surface area contributed by atoms with Crippen LogP contribution in [0.15, 0.2) is 54.6 Å². The molecule has 1 heteroatoms. The third kappa shape index (κ3) is 3.54. The molecule has 0 spiro atoms. The minimum atomic E-state index is 0.352. The lowest BCUT2D eigenvalue weighted by Crippen LogP contribution is -2.36. The predicted molar refractivity (Wildman–Crippen MR) is 89.4 cm³/mol. The van der Waals surface area contributed by atoms with Gasteiger partial charge in [0.2, 0.25) is 0 Å². The van der Waals surface area contributed by atoms with E-state index in [1.165, 1.54) is 29.5 Å². The molecule has 0 amide bonds. The van der Waals surface area contributed by atoms with Crippen LogP contribution in [0.3, 0.4) is 0 Å². The Morgan fingerprint density at radius 1 is 1.00 bits per heavy atom. The van der Waals surface area contributed by atoms with Gasteiger partial charge in [0, 0.05) is 6.04 Å². The molecule has 2 aromatic carbocycles. The minimum Gasteiger partial charge on any atom is -0.327 e. The van der Waals surface area contributed by atoms with Crippen LogP contribution in [-0.2, 0) is 6.42 Å². The highest BCUT2D eigenvalue weighted by molar-refractivity contribution is 5.24. The molecule has 3 atom stereocenters. The van der Waals surface area contributed by atoms with Crippen molar-refractivity contribution in [3.63, 3.8) is 0 Å². The predicted octanol–water partition coefficient (Wildman–Crippen LogP) is 4.45. The third-order valence-electron chi connectivity index (χ3n) is 4.89. The van der Waals surface area contributed by atoms with Gasteiger partial charge < -0.3 is 5.73 Å². The largest absolute Gasteiger partial charge is 0.327 e. The fourth-order valence-corrected chi connectivity index (χ4v) is 3.69. The van der Waals surface area contributed by atoms with E-state index in [0.717, 1.165) is 12.8 Å². The van der Waals surface area contributed by atoms with Crippen molar-refractivity contribution in [2.24, 2.45) is 11.7 Å². The van der Waals surface area contributed by atoms with E-state index < -0.39 is 0 Å². The number of hydrogen-bond donors (Lipinski definition) is 1. The van der Waals surface area contributed by atoms with Crippen LogP contribution in [0.25, 0.3) is 0 Å². The standard InChI is InChI=1S/C20H25N/c1-15-6-5-7-16(12-15)13-19-14-18(10-11-20(19)21)17-8-3-2-4-9-17/h2-9,12,18-20H,10-11,13-14,21H2,1H3.